The molecule has 0 amide bonds. The zero-order valence-corrected chi connectivity index (χ0v) is 10.7. The van der Waals surface area contributed by atoms with E-state index in [0.717, 1.165) is 32.9 Å². The van der Waals surface area contributed by atoms with E-state index in [0.29, 0.717) is 12.5 Å². The van der Waals surface area contributed by atoms with Crippen LogP contribution in [0.25, 0.3) is 0 Å². The zero-order valence-electron chi connectivity index (χ0n) is 10.7. The van der Waals surface area contributed by atoms with E-state index in [2.05, 4.69) is 11.9 Å². The summed E-state index contributed by atoms with van der Waals surface area (Å²) in [6.07, 6.45) is 2.65. The molecule has 2 unspecified atom stereocenters. The number of hydrogen-bond acceptors (Lipinski definition) is 4. The second kappa shape index (κ2) is 8.01. The highest BCUT2D eigenvalue weighted by molar-refractivity contribution is 4.70. The van der Waals surface area contributed by atoms with Gasteiger partial charge in [0.1, 0.15) is 0 Å². The fraction of sp³-hybridized carbons (Fsp3) is 1.00. The van der Waals surface area contributed by atoms with Gasteiger partial charge in [-0.1, -0.05) is 0 Å². The molecule has 2 atom stereocenters. The fourth-order valence-electron chi connectivity index (χ4n) is 2.25. The van der Waals surface area contributed by atoms with E-state index in [1.54, 1.807) is 0 Å². The highest BCUT2D eigenvalue weighted by Crippen LogP contribution is 2.14. The molecule has 96 valence electrons. The summed E-state index contributed by atoms with van der Waals surface area (Å²) >= 11 is 0. The van der Waals surface area contributed by atoms with Crippen LogP contribution < -0.4 is 5.73 Å². The van der Waals surface area contributed by atoms with Crippen molar-refractivity contribution in [1.82, 2.24) is 4.90 Å². The van der Waals surface area contributed by atoms with Crippen molar-refractivity contribution in [3.63, 3.8) is 0 Å². The maximum Gasteiger partial charge on any atom is 0.0823 e. The maximum absolute atomic E-state index is 5.66. The van der Waals surface area contributed by atoms with Crippen LogP contribution in [0.4, 0.5) is 0 Å². The van der Waals surface area contributed by atoms with E-state index in [1.165, 1.54) is 12.8 Å². The summed E-state index contributed by atoms with van der Waals surface area (Å²) in [4.78, 5) is 2.31. The van der Waals surface area contributed by atoms with Gasteiger partial charge in [-0.3, -0.25) is 0 Å². The molecular formula is C12H26N2O2. The van der Waals surface area contributed by atoms with Crippen molar-refractivity contribution in [2.45, 2.75) is 25.9 Å². The highest BCUT2D eigenvalue weighted by Gasteiger charge is 2.17. The summed E-state index contributed by atoms with van der Waals surface area (Å²) < 4.78 is 11.0. The van der Waals surface area contributed by atoms with E-state index >= 15 is 0 Å². The van der Waals surface area contributed by atoms with Gasteiger partial charge in [0.05, 0.1) is 12.7 Å². The molecule has 1 aliphatic rings. The van der Waals surface area contributed by atoms with E-state index in [9.17, 15) is 0 Å². The molecule has 1 saturated heterocycles. The van der Waals surface area contributed by atoms with Crippen LogP contribution in [0.15, 0.2) is 0 Å². The van der Waals surface area contributed by atoms with Gasteiger partial charge in [0.15, 0.2) is 0 Å². The minimum Gasteiger partial charge on any atom is -0.381 e. The molecular weight excluding hydrogens is 204 g/mol. The third-order valence-electron chi connectivity index (χ3n) is 3.01. The minimum atomic E-state index is 0.166. The molecule has 16 heavy (non-hydrogen) atoms. The van der Waals surface area contributed by atoms with Gasteiger partial charge in [-0.2, -0.15) is 0 Å². The van der Waals surface area contributed by atoms with E-state index < -0.39 is 0 Å². The molecule has 0 bridgehead atoms. The van der Waals surface area contributed by atoms with Crippen molar-refractivity contribution in [1.29, 1.82) is 0 Å². The van der Waals surface area contributed by atoms with Crippen LogP contribution in [0, 0.1) is 5.92 Å². The van der Waals surface area contributed by atoms with Crippen LogP contribution in [0.2, 0.25) is 0 Å². The molecule has 1 fully saturated rings. The topological polar surface area (TPSA) is 47.7 Å². The standard InChI is InChI=1S/C12H26N2O2/c1-3-16-12(7-13)9-14(2)8-11-5-4-6-15-10-11/h11-12H,3-10,13H2,1-2H3. The number of rotatable bonds is 7. The molecule has 0 saturated carbocycles. The van der Waals surface area contributed by atoms with Crippen LogP contribution in [0.1, 0.15) is 19.8 Å². The van der Waals surface area contributed by atoms with Crippen molar-refractivity contribution in [3.05, 3.63) is 0 Å². The Kier molecular flexibility index (Phi) is 6.96. The monoisotopic (exact) mass is 230 g/mol. The summed E-state index contributed by atoms with van der Waals surface area (Å²) in [6.45, 7) is 7.19. The number of nitrogens with zero attached hydrogens (tertiary/aromatic N) is 1. The summed E-state index contributed by atoms with van der Waals surface area (Å²) in [7, 11) is 2.14. The molecule has 1 rings (SSSR count). The van der Waals surface area contributed by atoms with Gasteiger partial charge >= 0.3 is 0 Å². The number of ether oxygens (including phenoxy) is 2. The summed E-state index contributed by atoms with van der Waals surface area (Å²) in [5.74, 6) is 0.679. The van der Waals surface area contributed by atoms with E-state index in [-0.39, 0.29) is 6.10 Å². The maximum atomic E-state index is 5.66. The van der Waals surface area contributed by atoms with Crippen LogP contribution >= 0.6 is 0 Å². The Hall–Kier alpha value is -0.160. The average Bonchev–Trinajstić information content (AvgIpc) is 2.29. The second-order valence-corrected chi connectivity index (χ2v) is 4.62. The predicted octanol–water partition coefficient (Wildman–Crippen LogP) is 0.709. The second-order valence-electron chi connectivity index (χ2n) is 4.62. The summed E-state index contributed by atoms with van der Waals surface area (Å²) in [5.41, 5.74) is 5.66. The average molecular weight is 230 g/mol. The molecule has 0 aromatic rings. The molecule has 0 aromatic heterocycles. The van der Waals surface area contributed by atoms with Crippen molar-refractivity contribution in [3.8, 4) is 0 Å². The van der Waals surface area contributed by atoms with Gasteiger partial charge in [0.2, 0.25) is 0 Å². The minimum absolute atomic E-state index is 0.166. The molecule has 1 heterocycles. The zero-order chi connectivity index (χ0) is 11.8. The summed E-state index contributed by atoms with van der Waals surface area (Å²) in [6, 6.07) is 0. The number of hydrogen-bond donors (Lipinski definition) is 1. The molecule has 4 nitrogen and oxygen atoms in total. The van der Waals surface area contributed by atoms with Gasteiger partial charge in [0.25, 0.3) is 0 Å². The van der Waals surface area contributed by atoms with Gasteiger partial charge in [-0.05, 0) is 32.7 Å². The quantitative estimate of drug-likeness (QED) is 0.700. The Labute approximate surface area is 99.1 Å². The number of nitrogens with two attached hydrogens (primary N) is 1. The van der Waals surface area contributed by atoms with Gasteiger partial charge < -0.3 is 20.1 Å². The molecule has 0 radical (unpaired) electrons. The lowest BCUT2D eigenvalue weighted by atomic mass is 10.0. The SMILES string of the molecule is CCOC(CN)CN(C)CC1CCCOC1. The lowest BCUT2D eigenvalue weighted by Gasteiger charge is -2.29. The van der Waals surface area contributed by atoms with Crippen LogP contribution in [-0.4, -0.2) is 57.5 Å². The molecule has 0 spiro atoms. The van der Waals surface area contributed by atoms with Crippen LogP contribution in [0.3, 0.4) is 0 Å². The van der Waals surface area contributed by atoms with Crippen LogP contribution in [0.5, 0.6) is 0 Å². The highest BCUT2D eigenvalue weighted by atomic mass is 16.5. The Morgan fingerprint density at radius 3 is 2.94 bits per heavy atom. The van der Waals surface area contributed by atoms with Crippen molar-refractivity contribution in [2.75, 3.05) is 46.5 Å². The molecule has 0 aromatic carbocycles. The Morgan fingerprint density at radius 2 is 2.38 bits per heavy atom. The van der Waals surface area contributed by atoms with E-state index in [1.807, 2.05) is 6.92 Å². The van der Waals surface area contributed by atoms with Crippen molar-refractivity contribution in [2.24, 2.45) is 11.7 Å². The molecule has 2 N–H and O–H groups in total. The van der Waals surface area contributed by atoms with Gasteiger partial charge in [-0.15, -0.1) is 0 Å². The Balaban J connectivity index is 2.19. The lowest BCUT2D eigenvalue weighted by molar-refractivity contribution is 0.0188. The van der Waals surface area contributed by atoms with Crippen molar-refractivity contribution >= 4 is 0 Å². The van der Waals surface area contributed by atoms with E-state index in [4.69, 9.17) is 15.2 Å². The van der Waals surface area contributed by atoms with Crippen LogP contribution in [-0.2, 0) is 9.47 Å². The van der Waals surface area contributed by atoms with Gasteiger partial charge in [-0.25, -0.2) is 0 Å². The Morgan fingerprint density at radius 1 is 1.56 bits per heavy atom. The largest absolute Gasteiger partial charge is 0.381 e. The third-order valence-corrected chi connectivity index (χ3v) is 3.01. The normalized spacial score (nSPS) is 23.6. The first-order chi connectivity index (χ1) is 7.76. The van der Waals surface area contributed by atoms with Crippen molar-refractivity contribution < 1.29 is 9.47 Å². The van der Waals surface area contributed by atoms with Gasteiger partial charge in [0, 0.05) is 32.8 Å². The first-order valence-corrected chi connectivity index (χ1v) is 6.34. The molecule has 4 heteroatoms. The number of likely N-dealkylation sites (N-methyl/N-ethyl adjacent to an activating group) is 1. The fourth-order valence-corrected chi connectivity index (χ4v) is 2.25. The molecule has 1 aliphatic heterocycles. The predicted molar refractivity (Wildman–Crippen MR) is 65.5 cm³/mol. The smallest absolute Gasteiger partial charge is 0.0823 e. The first-order valence-electron chi connectivity index (χ1n) is 6.34. The summed E-state index contributed by atoms with van der Waals surface area (Å²) in [5, 5.41) is 0. The third kappa shape index (κ3) is 5.25. The molecule has 0 aliphatic carbocycles. The first kappa shape index (κ1) is 13.9. The lowest BCUT2D eigenvalue weighted by Crippen LogP contribution is -2.39. The Bertz CT molecular complexity index is 166.